The Balaban J connectivity index is 2.03. The number of esters is 1. The number of carbonyl (C=O) groups excluding carboxylic acids is 2. The lowest BCUT2D eigenvalue weighted by molar-refractivity contribution is -0.387. The molecule has 0 aliphatic carbocycles. The van der Waals surface area contributed by atoms with E-state index in [4.69, 9.17) is 14.2 Å². The quantitative estimate of drug-likeness (QED) is 0.447. The first-order valence-corrected chi connectivity index (χ1v) is 7.48. The van der Waals surface area contributed by atoms with Crippen molar-refractivity contribution in [3.8, 4) is 11.5 Å². The maximum Gasteiger partial charge on any atom is 0.342 e. The number of nitro benzene ring substituents is 1. The number of nitrogens with zero attached hydrogens (tertiary/aromatic N) is 1. The Bertz CT molecular complexity index is 886. The van der Waals surface area contributed by atoms with E-state index in [1.54, 1.807) is 6.07 Å². The summed E-state index contributed by atoms with van der Waals surface area (Å²) in [7, 11) is 2.79. The number of nitrogens with one attached hydrogen (secondary N) is 1. The molecule has 1 N–H and O–H groups in total. The molecule has 0 saturated heterocycles. The van der Waals surface area contributed by atoms with Gasteiger partial charge in [-0.05, 0) is 30.3 Å². The fourth-order valence-corrected chi connectivity index (χ4v) is 2.11. The van der Waals surface area contributed by atoms with Crippen LogP contribution in [0.3, 0.4) is 0 Å². The third kappa shape index (κ3) is 4.91. The molecule has 27 heavy (non-hydrogen) atoms. The van der Waals surface area contributed by atoms with Gasteiger partial charge in [-0.3, -0.25) is 14.9 Å². The Morgan fingerprint density at radius 3 is 2.52 bits per heavy atom. The average Bonchev–Trinajstić information content (AvgIpc) is 2.66. The van der Waals surface area contributed by atoms with Gasteiger partial charge in [-0.15, -0.1) is 0 Å². The minimum absolute atomic E-state index is 0.0110. The van der Waals surface area contributed by atoms with E-state index in [2.05, 4.69) is 5.32 Å². The number of rotatable bonds is 7. The number of methoxy groups -OCH3 is 2. The number of amides is 1. The standard InChI is InChI=1S/C17H15FN2O7/c1-25-11-4-6-15(26-2)12(8-11)17(22)27-9-16(21)19-10-3-5-13(18)14(7-10)20(23)24/h3-8H,9H2,1-2H3,(H,19,21). The Labute approximate surface area is 152 Å². The lowest BCUT2D eigenvalue weighted by Gasteiger charge is -2.10. The van der Waals surface area contributed by atoms with Crippen LogP contribution in [0.5, 0.6) is 11.5 Å². The van der Waals surface area contributed by atoms with Crippen molar-refractivity contribution in [2.75, 3.05) is 26.1 Å². The highest BCUT2D eigenvalue weighted by Crippen LogP contribution is 2.25. The van der Waals surface area contributed by atoms with E-state index in [-0.39, 0.29) is 17.0 Å². The number of anilines is 1. The van der Waals surface area contributed by atoms with Gasteiger partial charge < -0.3 is 19.5 Å². The lowest BCUT2D eigenvalue weighted by atomic mass is 10.2. The van der Waals surface area contributed by atoms with Crippen LogP contribution in [0.1, 0.15) is 10.4 Å². The van der Waals surface area contributed by atoms with Crippen LogP contribution < -0.4 is 14.8 Å². The summed E-state index contributed by atoms with van der Waals surface area (Å²) >= 11 is 0. The zero-order valence-electron chi connectivity index (χ0n) is 14.4. The summed E-state index contributed by atoms with van der Waals surface area (Å²) in [4.78, 5) is 33.8. The highest BCUT2D eigenvalue weighted by Gasteiger charge is 2.18. The molecular formula is C17H15FN2O7. The molecule has 2 rings (SSSR count). The second-order valence-corrected chi connectivity index (χ2v) is 5.11. The van der Waals surface area contributed by atoms with Crippen molar-refractivity contribution in [2.24, 2.45) is 0 Å². The Morgan fingerprint density at radius 1 is 1.15 bits per heavy atom. The third-order valence-electron chi connectivity index (χ3n) is 3.39. The van der Waals surface area contributed by atoms with Gasteiger partial charge in [0, 0.05) is 11.8 Å². The van der Waals surface area contributed by atoms with E-state index in [0.717, 1.165) is 18.2 Å². The number of ether oxygens (including phenoxy) is 3. The van der Waals surface area contributed by atoms with Gasteiger partial charge in [0.25, 0.3) is 5.91 Å². The molecule has 0 aliphatic heterocycles. The first-order chi connectivity index (χ1) is 12.8. The summed E-state index contributed by atoms with van der Waals surface area (Å²) in [5.41, 5.74) is -0.740. The van der Waals surface area contributed by atoms with Gasteiger partial charge in [0.2, 0.25) is 5.82 Å². The second-order valence-electron chi connectivity index (χ2n) is 5.11. The van der Waals surface area contributed by atoms with E-state index in [9.17, 15) is 24.1 Å². The highest BCUT2D eigenvalue weighted by molar-refractivity contribution is 5.97. The van der Waals surface area contributed by atoms with Gasteiger partial charge in [0.05, 0.1) is 19.1 Å². The first kappa shape index (κ1) is 19.6. The van der Waals surface area contributed by atoms with Crippen LogP contribution in [0.2, 0.25) is 0 Å². The molecule has 2 aromatic carbocycles. The van der Waals surface area contributed by atoms with Gasteiger partial charge in [-0.25, -0.2) is 4.79 Å². The van der Waals surface area contributed by atoms with Gasteiger partial charge in [-0.1, -0.05) is 0 Å². The molecule has 0 aromatic heterocycles. The maximum absolute atomic E-state index is 13.3. The van der Waals surface area contributed by atoms with Crippen molar-refractivity contribution < 1.29 is 33.1 Å². The van der Waals surface area contributed by atoms with Gasteiger partial charge in [0.15, 0.2) is 6.61 Å². The SMILES string of the molecule is COc1ccc(OC)c(C(=O)OCC(=O)Nc2ccc(F)c([N+](=O)[O-])c2)c1. The molecule has 0 unspecified atom stereocenters. The van der Waals surface area contributed by atoms with Crippen LogP contribution in [0.15, 0.2) is 36.4 Å². The average molecular weight is 378 g/mol. The van der Waals surface area contributed by atoms with E-state index >= 15 is 0 Å². The lowest BCUT2D eigenvalue weighted by Crippen LogP contribution is -2.21. The largest absolute Gasteiger partial charge is 0.497 e. The fourth-order valence-electron chi connectivity index (χ4n) is 2.11. The summed E-state index contributed by atoms with van der Waals surface area (Å²) in [6, 6.07) is 7.34. The summed E-state index contributed by atoms with van der Waals surface area (Å²) in [5, 5.41) is 13.0. The zero-order chi connectivity index (χ0) is 20.0. The molecule has 1 amide bonds. The van der Waals surface area contributed by atoms with Crippen LogP contribution in [-0.4, -0.2) is 37.6 Å². The molecule has 0 atom stereocenters. The summed E-state index contributed by atoms with van der Waals surface area (Å²) < 4.78 is 28.3. The Hall–Kier alpha value is -3.69. The fraction of sp³-hybridized carbons (Fsp3) is 0.176. The number of halogens is 1. The van der Waals surface area contributed by atoms with E-state index in [1.165, 1.54) is 26.4 Å². The highest BCUT2D eigenvalue weighted by atomic mass is 19.1. The Kier molecular flexibility index (Phi) is 6.26. The summed E-state index contributed by atoms with van der Waals surface area (Å²) in [6.45, 7) is -0.662. The molecular weight excluding hydrogens is 363 g/mol. The summed E-state index contributed by atoms with van der Waals surface area (Å²) in [6.07, 6.45) is 0. The van der Waals surface area contributed by atoms with Gasteiger partial charge in [0.1, 0.15) is 17.1 Å². The van der Waals surface area contributed by atoms with E-state index in [0.29, 0.717) is 5.75 Å². The molecule has 0 spiro atoms. The zero-order valence-corrected chi connectivity index (χ0v) is 14.4. The predicted octanol–water partition coefficient (Wildman–Crippen LogP) is 2.55. The number of benzene rings is 2. The van der Waals surface area contributed by atoms with Crippen molar-refractivity contribution in [3.05, 3.63) is 57.9 Å². The van der Waals surface area contributed by atoms with Crippen LogP contribution in [0.25, 0.3) is 0 Å². The molecule has 0 fully saturated rings. The van der Waals surface area contributed by atoms with Gasteiger partial charge >= 0.3 is 11.7 Å². The number of hydrogen-bond donors (Lipinski definition) is 1. The topological polar surface area (TPSA) is 117 Å². The molecule has 0 bridgehead atoms. The van der Waals surface area contributed by atoms with Crippen molar-refractivity contribution in [2.45, 2.75) is 0 Å². The molecule has 0 radical (unpaired) electrons. The summed E-state index contributed by atoms with van der Waals surface area (Å²) in [5.74, 6) is -1.99. The van der Waals surface area contributed by atoms with E-state index < -0.39 is 34.9 Å². The van der Waals surface area contributed by atoms with Crippen molar-refractivity contribution >= 4 is 23.3 Å². The monoisotopic (exact) mass is 378 g/mol. The van der Waals surface area contributed by atoms with Crippen LogP contribution >= 0.6 is 0 Å². The molecule has 2 aromatic rings. The smallest absolute Gasteiger partial charge is 0.342 e. The van der Waals surface area contributed by atoms with Crippen molar-refractivity contribution in [1.29, 1.82) is 0 Å². The number of carbonyl (C=O) groups is 2. The molecule has 142 valence electrons. The predicted molar refractivity (Wildman–Crippen MR) is 91.5 cm³/mol. The van der Waals surface area contributed by atoms with Crippen LogP contribution in [0.4, 0.5) is 15.8 Å². The van der Waals surface area contributed by atoms with Gasteiger partial charge in [-0.2, -0.15) is 4.39 Å². The Morgan fingerprint density at radius 2 is 1.89 bits per heavy atom. The molecule has 0 saturated carbocycles. The molecule has 10 heteroatoms. The van der Waals surface area contributed by atoms with Crippen LogP contribution in [0, 0.1) is 15.9 Å². The third-order valence-corrected chi connectivity index (χ3v) is 3.39. The minimum atomic E-state index is -1.03. The molecule has 0 aliphatic rings. The van der Waals surface area contributed by atoms with Crippen molar-refractivity contribution in [3.63, 3.8) is 0 Å². The maximum atomic E-state index is 13.3. The molecule has 0 heterocycles. The first-order valence-electron chi connectivity index (χ1n) is 7.48. The number of hydrogen-bond acceptors (Lipinski definition) is 7. The van der Waals surface area contributed by atoms with Crippen LogP contribution in [-0.2, 0) is 9.53 Å². The second kappa shape index (κ2) is 8.61. The minimum Gasteiger partial charge on any atom is -0.497 e. The molecule has 9 nitrogen and oxygen atoms in total. The van der Waals surface area contributed by atoms with E-state index in [1.807, 2.05) is 0 Å². The number of nitro groups is 1. The van der Waals surface area contributed by atoms with Crippen molar-refractivity contribution in [1.82, 2.24) is 0 Å². The normalized spacial score (nSPS) is 10.0.